The average molecular weight is 242 g/mol. The number of fused-ring (bicyclic) bond motifs is 1. The maximum atomic E-state index is 6.18. The maximum Gasteiger partial charge on any atom is 0.145 e. The summed E-state index contributed by atoms with van der Waals surface area (Å²) in [6, 6.07) is 10.1. The third kappa shape index (κ3) is 2.18. The van der Waals surface area contributed by atoms with Gasteiger partial charge in [-0.15, -0.1) is 0 Å². The molecule has 1 aromatic carbocycles. The van der Waals surface area contributed by atoms with Crippen LogP contribution in [0, 0.1) is 5.92 Å². The van der Waals surface area contributed by atoms with Crippen LogP contribution in [0.25, 0.3) is 10.9 Å². The van der Waals surface area contributed by atoms with E-state index in [0.29, 0.717) is 12.0 Å². The Labute approximate surface area is 107 Å². The molecule has 18 heavy (non-hydrogen) atoms. The van der Waals surface area contributed by atoms with Gasteiger partial charge in [0.2, 0.25) is 0 Å². The van der Waals surface area contributed by atoms with Crippen molar-refractivity contribution >= 4 is 10.9 Å². The second-order valence-electron chi connectivity index (χ2n) is 4.96. The molecule has 1 aliphatic heterocycles. The molecule has 0 bridgehead atoms. The summed E-state index contributed by atoms with van der Waals surface area (Å²) in [5.41, 5.74) is 0.964. The monoisotopic (exact) mass is 242 g/mol. The van der Waals surface area contributed by atoms with Gasteiger partial charge in [0.15, 0.2) is 0 Å². The van der Waals surface area contributed by atoms with E-state index >= 15 is 0 Å². The number of hydrogen-bond donors (Lipinski definition) is 1. The summed E-state index contributed by atoms with van der Waals surface area (Å²) < 4.78 is 6.18. The van der Waals surface area contributed by atoms with Crippen molar-refractivity contribution in [1.29, 1.82) is 0 Å². The molecule has 0 radical (unpaired) electrons. The molecule has 2 atom stereocenters. The summed E-state index contributed by atoms with van der Waals surface area (Å²) in [5, 5.41) is 4.53. The number of rotatable bonds is 2. The Morgan fingerprint density at radius 2 is 2.17 bits per heavy atom. The second kappa shape index (κ2) is 4.94. The number of para-hydroxylation sites is 1. The fourth-order valence-corrected chi connectivity index (χ4v) is 2.50. The van der Waals surface area contributed by atoms with Gasteiger partial charge in [0.05, 0.1) is 0 Å². The first-order valence-electron chi connectivity index (χ1n) is 6.56. The number of nitrogens with zero attached hydrogens (tertiary/aromatic N) is 1. The lowest BCUT2D eigenvalue weighted by Crippen LogP contribution is -2.41. The zero-order valence-corrected chi connectivity index (χ0v) is 10.6. The standard InChI is InChI=1S/C15H18N2O/c1-11-10-16-9-7-13(11)18-14-6-2-4-12-5-3-8-17-15(12)14/h2-6,8,11,13,16H,7,9-10H2,1H3. The van der Waals surface area contributed by atoms with Gasteiger partial charge in [0, 0.05) is 24.0 Å². The van der Waals surface area contributed by atoms with E-state index < -0.39 is 0 Å². The van der Waals surface area contributed by atoms with Crippen LogP contribution in [0.1, 0.15) is 13.3 Å². The molecular weight excluding hydrogens is 224 g/mol. The second-order valence-corrected chi connectivity index (χ2v) is 4.96. The van der Waals surface area contributed by atoms with Crippen molar-refractivity contribution in [2.24, 2.45) is 5.92 Å². The van der Waals surface area contributed by atoms with Gasteiger partial charge in [-0.3, -0.25) is 4.98 Å². The molecule has 0 amide bonds. The molecule has 3 heteroatoms. The normalized spacial score (nSPS) is 24.1. The lowest BCUT2D eigenvalue weighted by Gasteiger charge is -2.30. The number of benzene rings is 1. The van der Waals surface area contributed by atoms with Gasteiger partial charge in [-0.2, -0.15) is 0 Å². The van der Waals surface area contributed by atoms with Gasteiger partial charge in [0.1, 0.15) is 17.4 Å². The molecule has 0 aliphatic carbocycles. The quantitative estimate of drug-likeness (QED) is 0.879. The molecule has 1 aromatic heterocycles. The molecule has 2 unspecified atom stereocenters. The third-order valence-corrected chi connectivity index (χ3v) is 3.58. The van der Waals surface area contributed by atoms with Crippen molar-refractivity contribution in [3.63, 3.8) is 0 Å². The molecule has 2 heterocycles. The zero-order valence-electron chi connectivity index (χ0n) is 10.6. The summed E-state index contributed by atoms with van der Waals surface area (Å²) >= 11 is 0. The fraction of sp³-hybridized carbons (Fsp3) is 0.400. The highest BCUT2D eigenvalue weighted by atomic mass is 16.5. The van der Waals surface area contributed by atoms with Gasteiger partial charge < -0.3 is 10.1 Å². The molecule has 0 saturated carbocycles. The largest absolute Gasteiger partial charge is 0.488 e. The number of ether oxygens (including phenoxy) is 1. The first-order valence-corrected chi connectivity index (χ1v) is 6.56. The highest BCUT2D eigenvalue weighted by Crippen LogP contribution is 2.26. The van der Waals surface area contributed by atoms with Crippen molar-refractivity contribution in [3.8, 4) is 5.75 Å². The number of aromatic nitrogens is 1. The van der Waals surface area contributed by atoms with Crippen LogP contribution in [0.15, 0.2) is 36.5 Å². The first-order chi connectivity index (χ1) is 8.84. The highest BCUT2D eigenvalue weighted by Gasteiger charge is 2.23. The van der Waals surface area contributed by atoms with Crippen molar-refractivity contribution in [1.82, 2.24) is 10.3 Å². The average Bonchev–Trinajstić information content (AvgIpc) is 2.42. The topological polar surface area (TPSA) is 34.1 Å². The molecule has 1 N–H and O–H groups in total. The van der Waals surface area contributed by atoms with Crippen molar-refractivity contribution in [2.45, 2.75) is 19.4 Å². The van der Waals surface area contributed by atoms with Gasteiger partial charge in [-0.1, -0.05) is 25.1 Å². The van der Waals surface area contributed by atoms with Crippen LogP contribution in [-0.2, 0) is 0 Å². The summed E-state index contributed by atoms with van der Waals surface area (Å²) in [6.45, 7) is 4.30. The summed E-state index contributed by atoms with van der Waals surface area (Å²) in [6.07, 6.45) is 3.17. The van der Waals surface area contributed by atoms with Crippen LogP contribution in [0.3, 0.4) is 0 Å². The Kier molecular flexibility index (Phi) is 3.15. The number of piperidine rings is 1. The van der Waals surface area contributed by atoms with E-state index in [9.17, 15) is 0 Å². The van der Waals surface area contributed by atoms with Crippen LogP contribution in [0.4, 0.5) is 0 Å². The van der Waals surface area contributed by atoms with Crippen molar-refractivity contribution in [3.05, 3.63) is 36.5 Å². The highest BCUT2D eigenvalue weighted by molar-refractivity contribution is 5.84. The maximum absolute atomic E-state index is 6.18. The number of pyridine rings is 1. The van der Waals surface area contributed by atoms with E-state index in [0.717, 1.165) is 36.2 Å². The molecule has 1 fully saturated rings. The van der Waals surface area contributed by atoms with Crippen LogP contribution in [0.5, 0.6) is 5.75 Å². The van der Waals surface area contributed by atoms with Gasteiger partial charge in [-0.25, -0.2) is 0 Å². The van der Waals surface area contributed by atoms with E-state index in [4.69, 9.17) is 4.74 Å². The zero-order chi connectivity index (χ0) is 12.4. The number of hydrogen-bond acceptors (Lipinski definition) is 3. The smallest absolute Gasteiger partial charge is 0.145 e. The molecule has 1 aliphatic rings. The molecular formula is C15H18N2O. The molecule has 2 aromatic rings. The minimum Gasteiger partial charge on any atom is -0.488 e. The van der Waals surface area contributed by atoms with Crippen LogP contribution in [-0.4, -0.2) is 24.2 Å². The van der Waals surface area contributed by atoms with Gasteiger partial charge >= 0.3 is 0 Å². The minimum absolute atomic E-state index is 0.291. The third-order valence-electron chi connectivity index (χ3n) is 3.58. The van der Waals surface area contributed by atoms with E-state index in [1.165, 1.54) is 0 Å². The predicted octanol–water partition coefficient (Wildman–Crippen LogP) is 2.61. The van der Waals surface area contributed by atoms with Crippen LogP contribution >= 0.6 is 0 Å². The molecule has 94 valence electrons. The fourth-order valence-electron chi connectivity index (χ4n) is 2.50. The van der Waals surface area contributed by atoms with E-state index in [2.05, 4.69) is 29.4 Å². The van der Waals surface area contributed by atoms with E-state index in [1.54, 1.807) is 0 Å². The Morgan fingerprint density at radius 3 is 3.06 bits per heavy atom. The lowest BCUT2D eigenvalue weighted by atomic mass is 9.98. The van der Waals surface area contributed by atoms with Gasteiger partial charge in [-0.05, 0) is 25.1 Å². The van der Waals surface area contributed by atoms with Gasteiger partial charge in [0.25, 0.3) is 0 Å². The molecule has 3 rings (SSSR count). The SMILES string of the molecule is CC1CNCCC1Oc1cccc2cccnc12. The Hall–Kier alpha value is -1.61. The van der Waals surface area contributed by atoms with Crippen LogP contribution < -0.4 is 10.1 Å². The van der Waals surface area contributed by atoms with E-state index in [1.807, 2.05) is 24.4 Å². The Balaban J connectivity index is 1.90. The molecule has 0 spiro atoms. The lowest BCUT2D eigenvalue weighted by molar-refractivity contribution is 0.113. The van der Waals surface area contributed by atoms with Crippen molar-refractivity contribution < 1.29 is 4.74 Å². The first kappa shape index (κ1) is 11.5. The Morgan fingerprint density at radius 1 is 1.28 bits per heavy atom. The Bertz CT molecular complexity index is 536. The predicted molar refractivity (Wildman–Crippen MR) is 72.8 cm³/mol. The van der Waals surface area contributed by atoms with Crippen molar-refractivity contribution in [2.75, 3.05) is 13.1 Å². The number of nitrogens with one attached hydrogen (secondary N) is 1. The molecule has 1 saturated heterocycles. The van der Waals surface area contributed by atoms with Crippen LogP contribution in [0.2, 0.25) is 0 Å². The summed E-state index contributed by atoms with van der Waals surface area (Å²) in [5.74, 6) is 1.45. The van der Waals surface area contributed by atoms with E-state index in [-0.39, 0.29) is 0 Å². The molecule has 3 nitrogen and oxygen atoms in total. The minimum atomic E-state index is 0.291. The summed E-state index contributed by atoms with van der Waals surface area (Å²) in [7, 11) is 0. The summed E-state index contributed by atoms with van der Waals surface area (Å²) in [4.78, 5) is 4.43.